The van der Waals surface area contributed by atoms with Gasteiger partial charge in [0.2, 0.25) is 0 Å². The molecule has 0 radical (unpaired) electrons. The van der Waals surface area contributed by atoms with Crippen molar-refractivity contribution in [2.75, 3.05) is 23.7 Å². The minimum atomic E-state index is -0.459. The molecule has 0 aromatic heterocycles. The first-order valence-corrected chi connectivity index (χ1v) is 6.93. The van der Waals surface area contributed by atoms with E-state index in [1.54, 1.807) is 0 Å². The summed E-state index contributed by atoms with van der Waals surface area (Å²) < 4.78 is 5.27. The zero-order chi connectivity index (χ0) is 14.8. The fourth-order valence-electron chi connectivity index (χ4n) is 2.27. The highest BCUT2D eigenvalue weighted by molar-refractivity contribution is 5.68. The third-order valence-electron chi connectivity index (χ3n) is 3.17. The first-order chi connectivity index (χ1) is 9.33. The molecule has 1 aliphatic heterocycles. The molecule has 0 bridgehead atoms. The second-order valence-electron chi connectivity index (χ2n) is 6.17. The number of nitrogens with zero attached hydrogens (tertiary/aromatic N) is 1. The molecule has 1 atom stereocenters. The van der Waals surface area contributed by atoms with Crippen molar-refractivity contribution in [3.05, 3.63) is 24.3 Å². The van der Waals surface area contributed by atoms with Crippen LogP contribution in [0.4, 0.5) is 16.2 Å². The van der Waals surface area contributed by atoms with Crippen LogP contribution in [-0.2, 0) is 4.74 Å². The maximum atomic E-state index is 11.7. The zero-order valence-corrected chi connectivity index (χ0v) is 12.3. The lowest BCUT2D eigenvalue weighted by atomic mass is 10.2. The lowest BCUT2D eigenvalue weighted by molar-refractivity contribution is 0.0509. The van der Waals surface area contributed by atoms with Crippen LogP contribution >= 0.6 is 0 Å². The van der Waals surface area contributed by atoms with E-state index in [1.165, 1.54) is 0 Å². The van der Waals surface area contributed by atoms with Gasteiger partial charge < -0.3 is 20.7 Å². The summed E-state index contributed by atoms with van der Waals surface area (Å²) in [4.78, 5) is 14.0. The van der Waals surface area contributed by atoms with Gasteiger partial charge in [-0.1, -0.05) is 0 Å². The third-order valence-corrected chi connectivity index (χ3v) is 3.17. The van der Waals surface area contributed by atoms with E-state index in [2.05, 4.69) is 10.2 Å². The van der Waals surface area contributed by atoms with Gasteiger partial charge in [0, 0.05) is 24.5 Å². The van der Waals surface area contributed by atoms with Crippen molar-refractivity contribution in [3.8, 4) is 0 Å². The van der Waals surface area contributed by atoms with Crippen molar-refractivity contribution < 1.29 is 9.53 Å². The Hall–Kier alpha value is -1.91. The fourth-order valence-corrected chi connectivity index (χ4v) is 2.27. The van der Waals surface area contributed by atoms with E-state index in [1.807, 2.05) is 45.0 Å². The van der Waals surface area contributed by atoms with E-state index in [-0.39, 0.29) is 12.1 Å². The number of benzene rings is 1. The van der Waals surface area contributed by atoms with Gasteiger partial charge in [-0.05, 0) is 51.5 Å². The number of amides is 1. The standard InChI is InChI=1S/C15H23N3O2/c1-15(2,3)20-14(19)17-12-8-9-18(10-12)13-6-4-11(16)5-7-13/h4-7,12H,8-10,16H2,1-3H3,(H,17,19)/t12-/m0/s1. The molecule has 3 N–H and O–H groups in total. The topological polar surface area (TPSA) is 67.6 Å². The van der Waals surface area contributed by atoms with Gasteiger partial charge in [0.1, 0.15) is 5.60 Å². The SMILES string of the molecule is CC(C)(C)OC(=O)N[C@H]1CCN(c2ccc(N)cc2)C1. The number of carbonyl (C=O) groups is 1. The zero-order valence-electron chi connectivity index (χ0n) is 12.3. The van der Waals surface area contributed by atoms with E-state index in [4.69, 9.17) is 10.5 Å². The molecule has 0 saturated carbocycles. The highest BCUT2D eigenvalue weighted by Gasteiger charge is 2.26. The lowest BCUT2D eigenvalue weighted by Crippen LogP contribution is -2.40. The van der Waals surface area contributed by atoms with Gasteiger partial charge in [0.15, 0.2) is 0 Å². The lowest BCUT2D eigenvalue weighted by Gasteiger charge is -2.22. The third kappa shape index (κ3) is 4.05. The molecule has 5 nitrogen and oxygen atoms in total. The number of anilines is 2. The molecule has 1 aromatic rings. The van der Waals surface area contributed by atoms with Gasteiger partial charge in [0.25, 0.3) is 0 Å². The van der Waals surface area contributed by atoms with Crippen molar-refractivity contribution in [2.45, 2.75) is 38.8 Å². The number of nitrogens with two attached hydrogens (primary N) is 1. The van der Waals surface area contributed by atoms with Crippen LogP contribution in [0.15, 0.2) is 24.3 Å². The molecule has 0 unspecified atom stereocenters. The van der Waals surface area contributed by atoms with Gasteiger partial charge in [0.05, 0.1) is 6.04 Å². The van der Waals surface area contributed by atoms with Gasteiger partial charge in [-0.25, -0.2) is 4.79 Å². The van der Waals surface area contributed by atoms with Crippen molar-refractivity contribution in [1.82, 2.24) is 5.32 Å². The first-order valence-electron chi connectivity index (χ1n) is 6.93. The number of rotatable bonds is 2. The summed E-state index contributed by atoms with van der Waals surface area (Å²) in [7, 11) is 0. The Morgan fingerprint density at radius 1 is 1.35 bits per heavy atom. The van der Waals surface area contributed by atoms with E-state index in [9.17, 15) is 4.79 Å². The van der Waals surface area contributed by atoms with Crippen LogP contribution in [-0.4, -0.2) is 30.8 Å². The summed E-state index contributed by atoms with van der Waals surface area (Å²) in [6.07, 6.45) is 0.575. The largest absolute Gasteiger partial charge is 0.444 e. The summed E-state index contributed by atoms with van der Waals surface area (Å²) in [5, 5.41) is 2.92. The molecular formula is C15H23N3O2. The molecule has 1 amide bonds. The summed E-state index contributed by atoms with van der Waals surface area (Å²) in [5.74, 6) is 0. The van der Waals surface area contributed by atoms with Crippen molar-refractivity contribution in [1.29, 1.82) is 0 Å². The van der Waals surface area contributed by atoms with Gasteiger partial charge >= 0.3 is 6.09 Å². The summed E-state index contributed by atoms with van der Waals surface area (Å²) >= 11 is 0. The molecule has 1 aromatic carbocycles. The Labute approximate surface area is 120 Å². The average Bonchev–Trinajstić information content (AvgIpc) is 2.75. The second kappa shape index (κ2) is 5.61. The highest BCUT2D eigenvalue weighted by atomic mass is 16.6. The summed E-state index contributed by atoms with van der Waals surface area (Å²) in [6, 6.07) is 7.92. The number of hydrogen-bond donors (Lipinski definition) is 2. The minimum Gasteiger partial charge on any atom is -0.444 e. The Balaban J connectivity index is 1.86. The molecule has 110 valence electrons. The van der Waals surface area contributed by atoms with Crippen LogP contribution in [0.1, 0.15) is 27.2 Å². The predicted molar refractivity (Wildman–Crippen MR) is 80.8 cm³/mol. The molecule has 0 aliphatic carbocycles. The van der Waals surface area contributed by atoms with E-state index < -0.39 is 5.60 Å². The number of carbonyl (C=O) groups excluding carboxylic acids is 1. The Kier molecular flexibility index (Phi) is 4.06. The number of alkyl carbamates (subject to hydrolysis) is 1. The number of nitrogen functional groups attached to an aromatic ring is 1. The van der Waals surface area contributed by atoms with Gasteiger partial charge in [-0.3, -0.25) is 0 Å². The van der Waals surface area contributed by atoms with Gasteiger partial charge in [-0.15, -0.1) is 0 Å². The molecule has 1 fully saturated rings. The van der Waals surface area contributed by atoms with Crippen LogP contribution in [0.2, 0.25) is 0 Å². The normalized spacial score (nSPS) is 18.9. The Morgan fingerprint density at radius 2 is 2.00 bits per heavy atom. The van der Waals surface area contributed by atoms with E-state index in [0.717, 1.165) is 30.9 Å². The maximum absolute atomic E-state index is 11.7. The van der Waals surface area contributed by atoms with Gasteiger partial charge in [-0.2, -0.15) is 0 Å². The molecule has 2 rings (SSSR count). The monoisotopic (exact) mass is 277 g/mol. The van der Waals surface area contributed by atoms with Crippen LogP contribution in [0.3, 0.4) is 0 Å². The smallest absolute Gasteiger partial charge is 0.407 e. The predicted octanol–water partition coefficient (Wildman–Crippen LogP) is 2.37. The number of ether oxygens (including phenoxy) is 1. The highest BCUT2D eigenvalue weighted by Crippen LogP contribution is 2.21. The van der Waals surface area contributed by atoms with E-state index >= 15 is 0 Å². The molecular weight excluding hydrogens is 254 g/mol. The quantitative estimate of drug-likeness (QED) is 0.814. The summed E-state index contributed by atoms with van der Waals surface area (Å²) in [6.45, 7) is 7.30. The molecule has 0 spiro atoms. The number of nitrogens with one attached hydrogen (secondary N) is 1. The minimum absolute atomic E-state index is 0.127. The van der Waals surface area contributed by atoms with Crippen molar-refractivity contribution in [2.24, 2.45) is 0 Å². The fraction of sp³-hybridized carbons (Fsp3) is 0.533. The average molecular weight is 277 g/mol. The molecule has 20 heavy (non-hydrogen) atoms. The van der Waals surface area contributed by atoms with Crippen LogP contribution in [0, 0.1) is 0 Å². The molecule has 1 aliphatic rings. The molecule has 1 saturated heterocycles. The van der Waals surface area contributed by atoms with Crippen LogP contribution < -0.4 is 16.0 Å². The van der Waals surface area contributed by atoms with Crippen molar-refractivity contribution >= 4 is 17.5 Å². The van der Waals surface area contributed by atoms with Crippen LogP contribution in [0.25, 0.3) is 0 Å². The van der Waals surface area contributed by atoms with E-state index in [0.29, 0.717) is 0 Å². The Bertz CT molecular complexity index is 465. The van der Waals surface area contributed by atoms with Crippen molar-refractivity contribution in [3.63, 3.8) is 0 Å². The first kappa shape index (κ1) is 14.5. The molecule has 1 heterocycles. The molecule has 5 heteroatoms. The number of hydrogen-bond acceptors (Lipinski definition) is 4. The Morgan fingerprint density at radius 3 is 2.60 bits per heavy atom. The van der Waals surface area contributed by atoms with Crippen LogP contribution in [0.5, 0.6) is 0 Å². The summed E-state index contributed by atoms with van der Waals surface area (Å²) in [5.41, 5.74) is 7.12. The second-order valence-corrected chi connectivity index (χ2v) is 6.17. The maximum Gasteiger partial charge on any atom is 0.407 e.